The molecule has 1 N–H and O–H groups in total. The first-order valence-electron chi connectivity index (χ1n) is 9.61. The second-order valence-electron chi connectivity index (χ2n) is 7.03. The van der Waals surface area contributed by atoms with E-state index in [9.17, 15) is 13.2 Å². The van der Waals surface area contributed by atoms with Crippen LogP contribution in [-0.4, -0.2) is 31.7 Å². The van der Waals surface area contributed by atoms with E-state index in [1.54, 1.807) is 36.4 Å². The minimum Gasteiger partial charge on any atom is -0.322 e. The third-order valence-electron chi connectivity index (χ3n) is 5.07. The molecule has 6 heteroatoms. The van der Waals surface area contributed by atoms with E-state index in [-0.39, 0.29) is 10.8 Å². The molecule has 5 nitrogen and oxygen atoms in total. The molecule has 148 valence electrons. The van der Waals surface area contributed by atoms with E-state index in [0.29, 0.717) is 24.3 Å². The van der Waals surface area contributed by atoms with Gasteiger partial charge in [0.2, 0.25) is 10.0 Å². The third-order valence-corrected chi connectivity index (χ3v) is 6.98. The van der Waals surface area contributed by atoms with Crippen molar-refractivity contribution in [2.45, 2.75) is 17.7 Å². The van der Waals surface area contributed by atoms with Crippen molar-refractivity contribution < 1.29 is 13.2 Å². The highest BCUT2D eigenvalue weighted by atomic mass is 32.2. The van der Waals surface area contributed by atoms with Crippen LogP contribution in [-0.2, 0) is 10.0 Å². The standard InChI is InChI=1S/C23H22N2O3S/c26-23(20-10-8-19(9-11-20)18-6-2-1-3-7-18)24-21-12-14-22(15-13-21)29(27,28)25-16-4-5-17-25/h1-3,6-15H,4-5,16-17H2,(H,24,26). The number of hydrogen-bond acceptors (Lipinski definition) is 3. The van der Waals surface area contributed by atoms with Gasteiger partial charge in [0.15, 0.2) is 0 Å². The van der Waals surface area contributed by atoms with Gasteiger partial charge in [0.05, 0.1) is 4.90 Å². The zero-order valence-corrected chi connectivity index (χ0v) is 16.7. The molecule has 0 radical (unpaired) electrons. The van der Waals surface area contributed by atoms with Crippen LogP contribution in [0, 0.1) is 0 Å². The maximum absolute atomic E-state index is 12.6. The second-order valence-corrected chi connectivity index (χ2v) is 8.97. The van der Waals surface area contributed by atoms with Crippen molar-refractivity contribution in [2.24, 2.45) is 0 Å². The lowest BCUT2D eigenvalue weighted by Crippen LogP contribution is -2.27. The van der Waals surface area contributed by atoms with Gasteiger partial charge in [-0.3, -0.25) is 4.79 Å². The molecular weight excluding hydrogens is 384 g/mol. The Bertz CT molecular complexity index is 1090. The average Bonchev–Trinajstić information content (AvgIpc) is 3.31. The first-order chi connectivity index (χ1) is 14.0. The smallest absolute Gasteiger partial charge is 0.255 e. The molecule has 4 rings (SSSR count). The lowest BCUT2D eigenvalue weighted by molar-refractivity contribution is 0.102. The molecule has 0 aliphatic carbocycles. The van der Waals surface area contributed by atoms with E-state index < -0.39 is 10.0 Å². The number of hydrogen-bond donors (Lipinski definition) is 1. The van der Waals surface area contributed by atoms with E-state index >= 15 is 0 Å². The number of carbonyl (C=O) groups is 1. The Balaban J connectivity index is 1.44. The normalized spacial score (nSPS) is 14.6. The number of rotatable bonds is 5. The zero-order valence-electron chi connectivity index (χ0n) is 15.9. The zero-order chi connectivity index (χ0) is 20.3. The summed E-state index contributed by atoms with van der Waals surface area (Å²) in [6.07, 6.45) is 1.80. The van der Waals surface area contributed by atoms with Gasteiger partial charge in [-0.1, -0.05) is 42.5 Å². The summed E-state index contributed by atoms with van der Waals surface area (Å²) in [6, 6.07) is 23.7. The summed E-state index contributed by atoms with van der Waals surface area (Å²) in [4.78, 5) is 12.8. The van der Waals surface area contributed by atoms with Crippen molar-refractivity contribution in [1.29, 1.82) is 0 Å². The van der Waals surface area contributed by atoms with E-state index in [1.165, 1.54) is 4.31 Å². The fraction of sp³-hybridized carbons (Fsp3) is 0.174. The van der Waals surface area contributed by atoms with Crippen LogP contribution in [0.3, 0.4) is 0 Å². The lowest BCUT2D eigenvalue weighted by Gasteiger charge is -2.15. The Morgan fingerprint density at radius 1 is 0.759 bits per heavy atom. The van der Waals surface area contributed by atoms with Crippen LogP contribution in [0.1, 0.15) is 23.2 Å². The minimum absolute atomic E-state index is 0.236. The van der Waals surface area contributed by atoms with E-state index in [2.05, 4.69) is 5.32 Å². The highest BCUT2D eigenvalue weighted by Crippen LogP contribution is 2.23. The Morgan fingerprint density at radius 3 is 1.97 bits per heavy atom. The summed E-state index contributed by atoms with van der Waals surface area (Å²) >= 11 is 0. The van der Waals surface area contributed by atoms with Crippen molar-refractivity contribution in [2.75, 3.05) is 18.4 Å². The van der Waals surface area contributed by atoms with Crippen LogP contribution >= 0.6 is 0 Å². The predicted octanol–water partition coefficient (Wildman–Crippen LogP) is 4.39. The largest absolute Gasteiger partial charge is 0.322 e. The number of benzene rings is 3. The molecule has 1 heterocycles. The Kier molecular flexibility index (Phi) is 5.47. The molecule has 3 aromatic rings. The fourth-order valence-electron chi connectivity index (χ4n) is 3.44. The van der Waals surface area contributed by atoms with Gasteiger partial charge in [-0.25, -0.2) is 8.42 Å². The van der Waals surface area contributed by atoms with Crippen molar-refractivity contribution in [1.82, 2.24) is 4.31 Å². The quantitative estimate of drug-likeness (QED) is 0.683. The number of carbonyl (C=O) groups excluding carboxylic acids is 1. The summed E-state index contributed by atoms with van der Waals surface area (Å²) in [5.41, 5.74) is 3.23. The molecule has 29 heavy (non-hydrogen) atoms. The number of nitrogens with zero attached hydrogens (tertiary/aromatic N) is 1. The molecule has 1 amide bonds. The highest BCUT2D eigenvalue weighted by molar-refractivity contribution is 7.89. The summed E-state index contributed by atoms with van der Waals surface area (Å²) in [5, 5.41) is 2.82. The first-order valence-corrected chi connectivity index (χ1v) is 11.1. The fourth-order valence-corrected chi connectivity index (χ4v) is 4.95. The number of nitrogens with one attached hydrogen (secondary N) is 1. The topological polar surface area (TPSA) is 66.5 Å². The minimum atomic E-state index is -3.45. The van der Waals surface area contributed by atoms with Crippen LogP contribution in [0.15, 0.2) is 83.8 Å². The van der Waals surface area contributed by atoms with Gasteiger partial charge >= 0.3 is 0 Å². The summed E-state index contributed by atoms with van der Waals surface area (Å²) < 4.78 is 26.7. The number of amides is 1. The summed E-state index contributed by atoms with van der Waals surface area (Å²) in [5.74, 6) is -0.236. The van der Waals surface area contributed by atoms with Crippen LogP contribution in [0.4, 0.5) is 5.69 Å². The molecule has 1 saturated heterocycles. The molecule has 0 atom stereocenters. The van der Waals surface area contributed by atoms with Crippen molar-refractivity contribution in [3.05, 3.63) is 84.4 Å². The van der Waals surface area contributed by atoms with Crippen molar-refractivity contribution >= 4 is 21.6 Å². The van der Waals surface area contributed by atoms with Crippen LogP contribution < -0.4 is 5.32 Å². The molecule has 1 aliphatic rings. The second kappa shape index (κ2) is 8.19. The molecule has 0 spiro atoms. The molecular formula is C23H22N2O3S. The monoisotopic (exact) mass is 406 g/mol. The molecule has 3 aromatic carbocycles. The average molecular weight is 407 g/mol. The molecule has 0 aromatic heterocycles. The Labute approximate surface area is 171 Å². The van der Waals surface area contributed by atoms with Gasteiger partial charge in [-0.05, 0) is 60.4 Å². The molecule has 0 unspecified atom stereocenters. The number of anilines is 1. The van der Waals surface area contributed by atoms with E-state index in [0.717, 1.165) is 24.0 Å². The van der Waals surface area contributed by atoms with E-state index in [4.69, 9.17) is 0 Å². The van der Waals surface area contributed by atoms with Crippen molar-refractivity contribution in [3.63, 3.8) is 0 Å². The Hall–Kier alpha value is -2.96. The molecule has 0 saturated carbocycles. The predicted molar refractivity (Wildman–Crippen MR) is 114 cm³/mol. The Morgan fingerprint density at radius 2 is 1.34 bits per heavy atom. The first kappa shape index (κ1) is 19.4. The molecule has 0 bridgehead atoms. The van der Waals surface area contributed by atoms with Crippen molar-refractivity contribution in [3.8, 4) is 11.1 Å². The third kappa shape index (κ3) is 4.23. The van der Waals surface area contributed by atoms with Crippen LogP contribution in [0.5, 0.6) is 0 Å². The van der Waals surface area contributed by atoms with Gasteiger partial charge in [-0.2, -0.15) is 4.31 Å². The maximum Gasteiger partial charge on any atom is 0.255 e. The SMILES string of the molecule is O=C(Nc1ccc(S(=O)(=O)N2CCCC2)cc1)c1ccc(-c2ccccc2)cc1. The van der Waals surface area contributed by atoms with Gasteiger partial charge < -0.3 is 5.32 Å². The van der Waals surface area contributed by atoms with Gasteiger partial charge in [0.1, 0.15) is 0 Å². The van der Waals surface area contributed by atoms with Gasteiger partial charge in [-0.15, -0.1) is 0 Å². The van der Waals surface area contributed by atoms with Crippen LogP contribution in [0.25, 0.3) is 11.1 Å². The van der Waals surface area contributed by atoms with Gasteiger partial charge in [0.25, 0.3) is 5.91 Å². The lowest BCUT2D eigenvalue weighted by atomic mass is 10.0. The highest BCUT2D eigenvalue weighted by Gasteiger charge is 2.26. The summed E-state index contributed by atoms with van der Waals surface area (Å²) in [7, 11) is -3.45. The van der Waals surface area contributed by atoms with E-state index in [1.807, 2.05) is 42.5 Å². The molecule has 1 fully saturated rings. The summed E-state index contributed by atoms with van der Waals surface area (Å²) in [6.45, 7) is 1.14. The number of sulfonamides is 1. The maximum atomic E-state index is 12.6. The molecule has 1 aliphatic heterocycles. The van der Waals surface area contributed by atoms with Gasteiger partial charge in [0, 0.05) is 24.3 Å². The van der Waals surface area contributed by atoms with Crippen LogP contribution in [0.2, 0.25) is 0 Å².